The highest BCUT2D eigenvalue weighted by Crippen LogP contribution is 2.21. The lowest BCUT2D eigenvalue weighted by atomic mass is 9.96. The molecule has 1 saturated heterocycles. The second-order valence-electron chi connectivity index (χ2n) is 6.76. The third-order valence-corrected chi connectivity index (χ3v) is 4.75. The summed E-state index contributed by atoms with van der Waals surface area (Å²) in [6.45, 7) is 2.26. The van der Waals surface area contributed by atoms with Crippen LogP contribution in [0.5, 0.6) is 0 Å². The zero-order valence-corrected chi connectivity index (χ0v) is 15.3. The SMILES string of the molecule is COC(=O)c1cccc(NC(=O)[C@@H]2CCCN(Cc3ccc(F)cc3)C2)c1. The smallest absolute Gasteiger partial charge is 0.337 e. The minimum atomic E-state index is -0.436. The van der Waals surface area contributed by atoms with Gasteiger partial charge in [-0.25, -0.2) is 9.18 Å². The van der Waals surface area contributed by atoms with Gasteiger partial charge in [-0.2, -0.15) is 0 Å². The minimum Gasteiger partial charge on any atom is -0.465 e. The third kappa shape index (κ3) is 5.14. The molecular formula is C21H23FN2O3. The first kappa shape index (κ1) is 19.0. The first-order valence-corrected chi connectivity index (χ1v) is 9.01. The summed E-state index contributed by atoms with van der Waals surface area (Å²) >= 11 is 0. The molecule has 1 fully saturated rings. The van der Waals surface area contributed by atoms with Gasteiger partial charge in [0.05, 0.1) is 18.6 Å². The first-order valence-electron chi connectivity index (χ1n) is 9.01. The highest BCUT2D eigenvalue weighted by molar-refractivity contribution is 5.95. The van der Waals surface area contributed by atoms with Crippen molar-refractivity contribution in [1.82, 2.24) is 4.90 Å². The Labute approximate surface area is 158 Å². The van der Waals surface area contributed by atoms with Gasteiger partial charge >= 0.3 is 5.97 Å². The Morgan fingerprint density at radius 2 is 2.00 bits per heavy atom. The predicted octanol–water partition coefficient (Wildman–Crippen LogP) is 3.46. The van der Waals surface area contributed by atoms with Crippen LogP contribution in [0.2, 0.25) is 0 Å². The van der Waals surface area contributed by atoms with Gasteiger partial charge in [0.15, 0.2) is 0 Å². The predicted molar refractivity (Wildman–Crippen MR) is 101 cm³/mol. The van der Waals surface area contributed by atoms with Crippen LogP contribution in [0, 0.1) is 11.7 Å². The Hall–Kier alpha value is -2.73. The average Bonchev–Trinajstić information content (AvgIpc) is 2.69. The van der Waals surface area contributed by atoms with Crippen molar-refractivity contribution in [3.8, 4) is 0 Å². The number of likely N-dealkylation sites (tertiary alicyclic amines) is 1. The summed E-state index contributed by atoms with van der Waals surface area (Å²) in [5.41, 5.74) is 2.01. The lowest BCUT2D eigenvalue weighted by Crippen LogP contribution is -2.40. The molecule has 0 saturated carbocycles. The van der Waals surface area contributed by atoms with Gasteiger partial charge in [0.1, 0.15) is 5.82 Å². The maximum Gasteiger partial charge on any atom is 0.337 e. The molecule has 1 amide bonds. The van der Waals surface area contributed by atoms with Crippen LogP contribution in [-0.4, -0.2) is 37.0 Å². The quantitative estimate of drug-likeness (QED) is 0.819. The van der Waals surface area contributed by atoms with Crippen molar-refractivity contribution in [2.45, 2.75) is 19.4 Å². The summed E-state index contributed by atoms with van der Waals surface area (Å²) < 4.78 is 17.8. The van der Waals surface area contributed by atoms with Gasteiger partial charge in [0, 0.05) is 18.8 Å². The molecule has 1 N–H and O–H groups in total. The number of piperidine rings is 1. The van der Waals surface area contributed by atoms with E-state index in [1.807, 2.05) is 0 Å². The normalized spacial score (nSPS) is 17.3. The van der Waals surface area contributed by atoms with E-state index in [-0.39, 0.29) is 17.6 Å². The number of anilines is 1. The number of nitrogens with zero attached hydrogens (tertiary/aromatic N) is 1. The van der Waals surface area contributed by atoms with Crippen molar-refractivity contribution in [2.24, 2.45) is 5.92 Å². The number of methoxy groups -OCH3 is 1. The van der Waals surface area contributed by atoms with E-state index in [1.165, 1.54) is 19.2 Å². The van der Waals surface area contributed by atoms with E-state index in [0.29, 0.717) is 24.3 Å². The number of carbonyl (C=O) groups is 2. The molecule has 6 heteroatoms. The Morgan fingerprint density at radius 1 is 1.22 bits per heavy atom. The molecule has 0 bridgehead atoms. The van der Waals surface area contributed by atoms with E-state index in [4.69, 9.17) is 4.74 Å². The number of ether oxygens (including phenoxy) is 1. The van der Waals surface area contributed by atoms with Crippen LogP contribution in [0.1, 0.15) is 28.8 Å². The number of amides is 1. The largest absolute Gasteiger partial charge is 0.465 e. The van der Waals surface area contributed by atoms with Crippen LogP contribution in [0.4, 0.5) is 10.1 Å². The van der Waals surface area contributed by atoms with Crippen molar-refractivity contribution < 1.29 is 18.7 Å². The molecule has 0 unspecified atom stereocenters. The van der Waals surface area contributed by atoms with Gasteiger partial charge in [-0.1, -0.05) is 18.2 Å². The van der Waals surface area contributed by atoms with E-state index in [0.717, 1.165) is 24.9 Å². The molecule has 5 nitrogen and oxygen atoms in total. The molecule has 2 aromatic rings. The molecule has 1 aliphatic rings. The van der Waals surface area contributed by atoms with E-state index in [1.54, 1.807) is 36.4 Å². The molecule has 1 atom stereocenters. The topological polar surface area (TPSA) is 58.6 Å². The molecule has 0 aliphatic carbocycles. The Bertz CT molecular complexity index is 807. The van der Waals surface area contributed by atoms with Crippen molar-refractivity contribution >= 4 is 17.6 Å². The number of rotatable bonds is 5. The summed E-state index contributed by atoms with van der Waals surface area (Å²) in [5, 5.41) is 2.90. The zero-order chi connectivity index (χ0) is 19.2. The fourth-order valence-corrected chi connectivity index (χ4v) is 3.35. The Kier molecular flexibility index (Phi) is 6.19. The first-order chi connectivity index (χ1) is 13.0. The number of nitrogens with one attached hydrogen (secondary N) is 1. The molecule has 0 spiro atoms. The van der Waals surface area contributed by atoms with Crippen LogP contribution >= 0.6 is 0 Å². The van der Waals surface area contributed by atoms with Crippen LogP contribution in [0.15, 0.2) is 48.5 Å². The standard InChI is InChI=1S/C21H23FN2O3/c1-27-21(26)16-4-2-6-19(12-16)23-20(25)17-5-3-11-24(14-17)13-15-7-9-18(22)10-8-15/h2,4,6-10,12,17H,3,5,11,13-14H2,1H3,(H,23,25)/t17-/m1/s1. The summed E-state index contributed by atoms with van der Waals surface area (Å²) in [6.07, 6.45) is 1.75. The van der Waals surface area contributed by atoms with Crippen molar-refractivity contribution in [3.63, 3.8) is 0 Å². The van der Waals surface area contributed by atoms with E-state index in [2.05, 4.69) is 10.2 Å². The molecule has 0 radical (unpaired) electrons. The van der Waals surface area contributed by atoms with Gasteiger partial charge < -0.3 is 10.1 Å². The van der Waals surface area contributed by atoms with E-state index >= 15 is 0 Å². The fraction of sp³-hybridized carbons (Fsp3) is 0.333. The zero-order valence-electron chi connectivity index (χ0n) is 15.3. The second-order valence-corrected chi connectivity index (χ2v) is 6.76. The maximum atomic E-state index is 13.0. The molecular weight excluding hydrogens is 347 g/mol. The Balaban J connectivity index is 1.59. The monoisotopic (exact) mass is 370 g/mol. The number of halogens is 1. The van der Waals surface area contributed by atoms with Crippen LogP contribution in [0.25, 0.3) is 0 Å². The maximum absolute atomic E-state index is 13.0. The number of esters is 1. The van der Waals surface area contributed by atoms with Crippen LogP contribution < -0.4 is 5.32 Å². The molecule has 0 aromatic heterocycles. The Morgan fingerprint density at radius 3 is 2.74 bits per heavy atom. The van der Waals surface area contributed by atoms with Gasteiger partial charge in [0.2, 0.25) is 5.91 Å². The molecule has 2 aromatic carbocycles. The van der Waals surface area contributed by atoms with Gasteiger partial charge in [-0.05, 0) is 55.3 Å². The molecule has 27 heavy (non-hydrogen) atoms. The molecule has 1 aliphatic heterocycles. The summed E-state index contributed by atoms with van der Waals surface area (Å²) in [7, 11) is 1.32. The third-order valence-electron chi connectivity index (χ3n) is 4.75. The number of hydrogen-bond donors (Lipinski definition) is 1. The summed E-state index contributed by atoms with van der Waals surface area (Å²) in [6, 6.07) is 13.2. The minimum absolute atomic E-state index is 0.0548. The highest BCUT2D eigenvalue weighted by Gasteiger charge is 2.26. The average molecular weight is 370 g/mol. The lowest BCUT2D eigenvalue weighted by molar-refractivity contribution is -0.121. The van der Waals surface area contributed by atoms with E-state index in [9.17, 15) is 14.0 Å². The number of benzene rings is 2. The molecule has 3 rings (SSSR count). The van der Waals surface area contributed by atoms with Crippen LogP contribution in [-0.2, 0) is 16.1 Å². The number of hydrogen-bond acceptors (Lipinski definition) is 4. The summed E-state index contributed by atoms with van der Waals surface area (Å²) in [5.74, 6) is -0.861. The van der Waals surface area contributed by atoms with Crippen molar-refractivity contribution in [2.75, 3.05) is 25.5 Å². The molecule has 142 valence electrons. The van der Waals surface area contributed by atoms with Gasteiger partial charge in [0.25, 0.3) is 0 Å². The van der Waals surface area contributed by atoms with Crippen molar-refractivity contribution in [3.05, 3.63) is 65.5 Å². The van der Waals surface area contributed by atoms with Gasteiger partial charge in [-0.3, -0.25) is 9.69 Å². The van der Waals surface area contributed by atoms with Gasteiger partial charge in [-0.15, -0.1) is 0 Å². The highest BCUT2D eigenvalue weighted by atomic mass is 19.1. The fourth-order valence-electron chi connectivity index (χ4n) is 3.35. The van der Waals surface area contributed by atoms with Crippen molar-refractivity contribution in [1.29, 1.82) is 0 Å². The lowest BCUT2D eigenvalue weighted by Gasteiger charge is -2.32. The van der Waals surface area contributed by atoms with Crippen LogP contribution in [0.3, 0.4) is 0 Å². The molecule has 1 heterocycles. The second kappa shape index (κ2) is 8.77. The summed E-state index contributed by atoms with van der Waals surface area (Å²) in [4.78, 5) is 26.5. The van der Waals surface area contributed by atoms with E-state index < -0.39 is 5.97 Å². The number of carbonyl (C=O) groups excluding carboxylic acids is 2.